The Morgan fingerprint density at radius 1 is 1.14 bits per heavy atom. The number of hydrogen-bond donors (Lipinski definition) is 2. The number of nitrogens with zero attached hydrogens (tertiary/aromatic N) is 3. The average molecular weight is 398 g/mol. The molecule has 0 aliphatic carbocycles. The maximum atomic E-state index is 13.4. The summed E-state index contributed by atoms with van der Waals surface area (Å²) in [5.74, 6) is -0.713. The minimum absolute atomic E-state index is 0.0578. The lowest BCUT2D eigenvalue weighted by molar-refractivity contribution is -0.121. The van der Waals surface area contributed by atoms with Crippen molar-refractivity contribution < 1.29 is 14.3 Å². The largest absolute Gasteiger partial charge is 0.507 e. The first-order valence-corrected chi connectivity index (χ1v) is 9.93. The Bertz CT molecular complexity index is 849. The molecule has 6 nitrogen and oxygen atoms in total. The van der Waals surface area contributed by atoms with Gasteiger partial charge in [0.25, 0.3) is 0 Å². The zero-order valence-corrected chi connectivity index (χ0v) is 16.6. The Morgan fingerprint density at radius 3 is 2.55 bits per heavy atom. The van der Waals surface area contributed by atoms with Gasteiger partial charge in [-0.05, 0) is 36.8 Å². The van der Waals surface area contributed by atoms with E-state index in [0.29, 0.717) is 30.7 Å². The van der Waals surface area contributed by atoms with E-state index < -0.39 is 5.82 Å². The highest BCUT2D eigenvalue weighted by atomic mass is 19.1. The molecule has 0 radical (unpaired) electrons. The number of carbonyl (C=O) groups is 1. The van der Waals surface area contributed by atoms with Crippen LogP contribution in [0.1, 0.15) is 25.3 Å². The summed E-state index contributed by atoms with van der Waals surface area (Å²) in [6.45, 7) is 6.18. The summed E-state index contributed by atoms with van der Waals surface area (Å²) in [6, 6.07) is 14.0. The topological polar surface area (TPSA) is 68.2 Å². The Hall–Kier alpha value is -2.93. The van der Waals surface area contributed by atoms with Crippen molar-refractivity contribution in [3.05, 3.63) is 59.9 Å². The van der Waals surface area contributed by atoms with Gasteiger partial charge < -0.3 is 10.0 Å². The fourth-order valence-electron chi connectivity index (χ4n) is 3.38. The van der Waals surface area contributed by atoms with E-state index >= 15 is 0 Å². The van der Waals surface area contributed by atoms with Crippen LogP contribution in [0.2, 0.25) is 0 Å². The lowest BCUT2D eigenvalue weighted by Crippen LogP contribution is -2.47. The molecule has 0 spiro atoms. The first-order valence-electron chi connectivity index (χ1n) is 9.93. The SMILES string of the molecule is CC/C(=N\NC(=O)CCN1CCN(c2ccccc2)CC1)c1cc(F)ccc1O. The minimum atomic E-state index is -0.458. The zero-order valence-electron chi connectivity index (χ0n) is 16.6. The van der Waals surface area contributed by atoms with E-state index in [1.807, 2.05) is 25.1 Å². The number of rotatable bonds is 7. The lowest BCUT2D eigenvalue weighted by atomic mass is 10.1. The number of phenols is 1. The summed E-state index contributed by atoms with van der Waals surface area (Å²) < 4.78 is 13.4. The fraction of sp³-hybridized carbons (Fsp3) is 0.364. The smallest absolute Gasteiger partial charge is 0.241 e. The van der Waals surface area contributed by atoms with Crippen molar-refractivity contribution in [3.63, 3.8) is 0 Å². The van der Waals surface area contributed by atoms with Gasteiger partial charge in [-0.2, -0.15) is 5.10 Å². The van der Waals surface area contributed by atoms with Crippen LogP contribution in [0.5, 0.6) is 5.75 Å². The van der Waals surface area contributed by atoms with Gasteiger partial charge in [0.1, 0.15) is 11.6 Å². The summed E-state index contributed by atoms with van der Waals surface area (Å²) in [4.78, 5) is 16.8. The van der Waals surface area contributed by atoms with E-state index in [2.05, 4.69) is 32.5 Å². The molecule has 2 aromatic carbocycles. The van der Waals surface area contributed by atoms with Crippen molar-refractivity contribution in [2.24, 2.45) is 5.10 Å². The second kappa shape index (κ2) is 10.0. The molecule has 0 saturated carbocycles. The number of hydrogen-bond acceptors (Lipinski definition) is 5. The molecule has 0 bridgehead atoms. The van der Waals surface area contributed by atoms with Gasteiger partial charge in [-0.3, -0.25) is 9.69 Å². The van der Waals surface area contributed by atoms with E-state index in [0.717, 1.165) is 26.2 Å². The molecule has 1 saturated heterocycles. The highest BCUT2D eigenvalue weighted by Crippen LogP contribution is 2.20. The third-order valence-corrected chi connectivity index (χ3v) is 5.07. The number of amides is 1. The number of hydrazone groups is 1. The summed E-state index contributed by atoms with van der Waals surface area (Å²) in [7, 11) is 0. The normalized spacial score (nSPS) is 15.4. The molecule has 29 heavy (non-hydrogen) atoms. The van der Waals surface area contributed by atoms with Gasteiger partial charge in [0, 0.05) is 50.4 Å². The average Bonchev–Trinajstić information content (AvgIpc) is 2.76. The number of benzene rings is 2. The molecule has 0 unspecified atom stereocenters. The summed E-state index contributed by atoms with van der Waals surface area (Å²) in [5, 5.41) is 14.0. The number of halogens is 1. The van der Waals surface area contributed by atoms with Gasteiger partial charge in [-0.1, -0.05) is 25.1 Å². The standard InChI is InChI=1S/C22H27FN4O2/c1-2-20(19-16-17(23)8-9-21(19)28)24-25-22(29)10-11-26-12-14-27(15-13-26)18-6-4-3-5-7-18/h3-9,16,28H,2,10-15H2,1H3,(H,25,29)/b24-20+. The van der Waals surface area contributed by atoms with Gasteiger partial charge >= 0.3 is 0 Å². The number of para-hydroxylation sites is 1. The molecular formula is C22H27FN4O2. The number of piperazine rings is 1. The predicted molar refractivity (Wildman–Crippen MR) is 113 cm³/mol. The molecule has 1 aliphatic rings. The molecule has 1 aliphatic heterocycles. The highest BCUT2D eigenvalue weighted by Gasteiger charge is 2.17. The van der Waals surface area contributed by atoms with Gasteiger partial charge in [0.15, 0.2) is 0 Å². The molecule has 7 heteroatoms. The third-order valence-electron chi connectivity index (χ3n) is 5.07. The van der Waals surface area contributed by atoms with Crippen molar-refractivity contribution >= 4 is 17.3 Å². The lowest BCUT2D eigenvalue weighted by Gasteiger charge is -2.36. The van der Waals surface area contributed by atoms with Crippen LogP contribution >= 0.6 is 0 Å². The Morgan fingerprint density at radius 2 is 1.86 bits per heavy atom. The first kappa shape index (κ1) is 20.8. The number of phenolic OH excluding ortho intramolecular Hbond substituents is 1. The Kier molecular flexibility index (Phi) is 7.19. The van der Waals surface area contributed by atoms with Crippen molar-refractivity contribution in [3.8, 4) is 5.75 Å². The highest BCUT2D eigenvalue weighted by molar-refractivity contribution is 6.03. The van der Waals surface area contributed by atoms with Crippen LogP contribution in [0.15, 0.2) is 53.6 Å². The van der Waals surface area contributed by atoms with Crippen LogP contribution < -0.4 is 10.3 Å². The second-order valence-electron chi connectivity index (χ2n) is 7.02. The minimum Gasteiger partial charge on any atom is -0.507 e. The fourth-order valence-corrected chi connectivity index (χ4v) is 3.38. The van der Waals surface area contributed by atoms with Gasteiger partial charge in [0.05, 0.1) is 5.71 Å². The van der Waals surface area contributed by atoms with E-state index in [1.165, 1.54) is 23.9 Å². The number of aromatic hydroxyl groups is 1. The van der Waals surface area contributed by atoms with E-state index in [-0.39, 0.29) is 11.7 Å². The van der Waals surface area contributed by atoms with Crippen molar-refractivity contribution in [1.29, 1.82) is 0 Å². The molecule has 0 atom stereocenters. The van der Waals surface area contributed by atoms with Crippen LogP contribution in [0, 0.1) is 5.82 Å². The summed E-state index contributed by atoms with van der Waals surface area (Å²) in [6.07, 6.45) is 0.791. The summed E-state index contributed by atoms with van der Waals surface area (Å²) in [5.41, 5.74) is 4.49. The number of carbonyl (C=O) groups excluding carboxylic acids is 1. The predicted octanol–water partition coefficient (Wildman–Crippen LogP) is 2.97. The van der Waals surface area contributed by atoms with E-state index in [9.17, 15) is 14.3 Å². The maximum absolute atomic E-state index is 13.4. The van der Waals surface area contributed by atoms with Crippen LogP contribution in [-0.2, 0) is 4.79 Å². The van der Waals surface area contributed by atoms with Crippen LogP contribution in [-0.4, -0.2) is 54.3 Å². The third kappa shape index (κ3) is 5.77. The molecule has 1 heterocycles. The van der Waals surface area contributed by atoms with Crippen molar-refractivity contribution in [1.82, 2.24) is 10.3 Å². The second-order valence-corrected chi connectivity index (χ2v) is 7.02. The molecule has 0 aromatic heterocycles. The zero-order chi connectivity index (χ0) is 20.6. The van der Waals surface area contributed by atoms with Gasteiger partial charge in [-0.25, -0.2) is 9.82 Å². The molecule has 2 N–H and O–H groups in total. The maximum Gasteiger partial charge on any atom is 0.241 e. The quantitative estimate of drug-likeness (QED) is 0.556. The molecule has 3 rings (SSSR count). The van der Waals surface area contributed by atoms with Crippen molar-refractivity contribution in [2.45, 2.75) is 19.8 Å². The number of anilines is 1. The summed E-state index contributed by atoms with van der Waals surface area (Å²) >= 11 is 0. The van der Waals surface area contributed by atoms with Crippen LogP contribution in [0.4, 0.5) is 10.1 Å². The van der Waals surface area contributed by atoms with Gasteiger partial charge in [0.2, 0.25) is 5.91 Å². The monoisotopic (exact) mass is 398 g/mol. The first-order chi connectivity index (χ1) is 14.1. The molecule has 2 aromatic rings. The van der Waals surface area contributed by atoms with Crippen LogP contribution in [0.3, 0.4) is 0 Å². The van der Waals surface area contributed by atoms with Crippen LogP contribution in [0.25, 0.3) is 0 Å². The van der Waals surface area contributed by atoms with E-state index in [1.54, 1.807) is 0 Å². The molecule has 1 fully saturated rings. The van der Waals surface area contributed by atoms with E-state index in [4.69, 9.17) is 0 Å². The van der Waals surface area contributed by atoms with Crippen molar-refractivity contribution in [2.75, 3.05) is 37.6 Å². The Balaban J connectivity index is 1.46. The molecular weight excluding hydrogens is 371 g/mol. The molecule has 154 valence electrons. The molecule has 1 amide bonds. The Labute approximate surface area is 170 Å². The number of nitrogens with one attached hydrogen (secondary N) is 1. The van der Waals surface area contributed by atoms with Gasteiger partial charge in [-0.15, -0.1) is 0 Å².